The largest absolute Gasteiger partial charge is 0.480 e. The van der Waals surface area contributed by atoms with Gasteiger partial charge < -0.3 is 20.1 Å². The molecular formula is C26H28N2O5. The molecule has 172 valence electrons. The van der Waals surface area contributed by atoms with E-state index in [0.29, 0.717) is 0 Å². The number of alkyl carbamates (subject to hydrolysis) is 1. The van der Waals surface area contributed by atoms with Crippen molar-refractivity contribution >= 4 is 18.0 Å². The van der Waals surface area contributed by atoms with E-state index in [1.54, 1.807) is 0 Å². The Hall–Kier alpha value is -3.79. The third kappa shape index (κ3) is 5.72. The molecule has 0 aromatic heterocycles. The number of terminal acetylenes is 1. The molecule has 0 spiro atoms. The third-order valence-corrected chi connectivity index (χ3v) is 5.81. The van der Waals surface area contributed by atoms with Crippen LogP contribution in [0.2, 0.25) is 0 Å². The van der Waals surface area contributed by atoms with Gasteiger partial charge >= 0.3 is 12.1 Å². The van der Waals surface area contributed by atoms with Crippen LogP contribution in [0, 0.1) is 18.3 Å². The molecular weight excluding hydrogens is 420 g/mol. The SMILES string of the molecule is C#CCN(CC(=O)O)C(=O)C[C@H](NC(=O)OCC1c2ccccc2-c2ccccc21)C(C)C. The molecule has 1 aliphatic carbocycles. The first-order valence-corrected chi connectivity index (χ1v) is 10.9. The van der Waals surface area contributed by atoms with Gasteiger partial charge in [0.05, 0.1) is 6.54 Å². The summed E-state index contributed by atoms with van der Waals surface area (Å²) >= 11 is 0. The van der Waals surface area contributed by atoms with Crippen molar-refractivity contribution in [3.63, 3.8) is 0 Å². The van der Waals surface area contributed by atoms with Crippen LogP contribution in [0.4, 0.5) is 4.79 Å². The highest BCUT2D eigenvalue weighted by molar-refractivity contribution is 5.82. The van der Waals surface area contributed by atoms with Crippen molar-refractivity contribution in [1.29, 1.82) is 0 Å². The first-order chi connectivity index (χ1) is 15.8. The van der Waals surface area contributed by atoms with Crippen molar-refractivity contribution in [2.24, 2.45) is 5.92 Å². The Labute approximate surface area is 193 Å². The summed E-state index contributed by atoms with van der Waals surface area (Å²) in [6.07, 6.45) is 4.56. The van der Waals surface area contributed by atoms with E-state index in [4.69, 9.17) is 16.3 Å². The van der Waals surface area contributed by atoms with E-state index in [-0.39, 0.29) is 31.4 Å². The number of carbonyl (C=O) groups excluding carboxylic acids is 2. The van der Waals surface area contributed by atoms with Crippen molar-refractivity contribution in [1.82, 2.24) is 10.2 Å². The fourth-order valence-electron chi connectivity index (χ4n) is 4.07. The van der Waals surface area contributed by atoms with E-state index in [2.05, 4.69) is 23.4 Å². The highest BCUT2D eigenvalue weighted by atomic mass is 16.5. The number of hydrogen-bond acceptors (Lipinski definition) is 4. The maximum atomic E-state index is 12.6. The van der Waals surface area contributed by atoms with Crippen LogP contribution in [0.1, 0.15) is 37.3 Å². The van der Waals surface area contributed by atoms with Gasteiger partial charge in [-0.2, -0.15) is 0 Å². The first kappa shape index (κ1) is 23.9. The Morgan fingerprint density at radius 3 is 2.18 bits per heavy atom. The summed E-state index contributed by atoms with van der Waals surface area (Å²) in [6, 6.07) is 15.6. The van der Waals surface area contributed by atoms with Crippen molar-refractivity contribution in [3.05, 3.63) is 59.7 Å². The van der Waals surface area contributed by atoms with E-state index < -0.39 is 30.6 Å². The number of nitrogens with one attached hydrogen (secondary N) is 1. The smallest absolute Gasteiger partial charge is 0.407 e. The Morgan fingerprint density at radius 2 is 1.67 bits per heavy atom. The number of hydrogen-bond donors (Lipinski definition) is 2. The van der Waals surface area contributed by atoms with Gasteiger partial charge in [0.1, 0.15) is 13.2 Å². The summed E-state index contributed by atoms with van der Waals surface area (Å²) in [5, 5.41) is 11.8. The summed E-state index contributed by atoms with van der Waals surface area (Å²) in [6.45, 7) is 3.30. The van der Waals surface area contributed by atoms with E-state index in [1.807, 2.05) is 50.2 Å². The summed E-state index contributed by atoms with van der Waals surface area (Å²) in [5.41, 5.74) is 4.50. The summed E-state index contributed by atoms with van der Waals surface area (Å²) in [7, 11) is 0. The molecule has 0 saturated carbocycles. The number of rotatable bonds is 9. The lowest BCUT2D eigenvalue weighted by Crippen LogP contribution is -2.45. The number of carboxylic acids is 1. The molecule has 33 heavy (non-hydrogen) atoms. The zero-order chi connectivity index (χ0) is 24.0. The van der Waals surface area contributed by atoms with E-state index in [9.17, 15) is 14.4 Å². The topological polar surface area (TPSA) is 95.9 Å². The Kier molecular flexibility index (Phi) is 7.73. The lowest BCUT2D eigenvalue weighted by atomic mass is 9.98. The van der Waals surface area contributed by atoms with Crippen LogP contribution < -0.4 is 5.32 Å². The molecule has 2 aromatic carbocycles. The van der Waals surface area contributed by atoms with Gasteiger partial charge in [0.15, 0.2) is 0 Å². The molecule has 0 saturated heterocycles. The number of amides is 2. The van der Waals surface area contributed by atoms with Gasteiger partial charge in [0.25, 0.3) is 0 Å². The highest BCUT2D eigenvalue weighted by Gasteiger charge is 2.30. The lowest BCUT2D eigenvalue weighted by Gasteiger charge is -2.25. The standard InChI is InChI=1S/C26H28N2O5/c1-4-13-28(15-25(30)31)24(29)14-23(17(2)3)27-26(32)33-16-22-20-11-7-5-9-18(20)19-10-6-8-12-21(19)22/h1,5-12,17,22-23H,13-16H2,2-3H3,(H,27,32)(H,30,31)/t23-/m0/s1. The Morgan fingerprint density at radius 1 is 1.09 bits per heavy atom. The van der Waals surface area contributed by atoms with E-state index in [1.165, 1.54) is 0 Å². The van der Waals surface area contributed by atoms with Crippen LogP contribution in [0.15, 0.2) is 48.5 Å². The van der Waals surface area contributed by atoms with E-state index >= 15 is 0 Å². The number of carboxylic acid groups (broad SMARTS) is 1. The number of nitrogens with zero attached hydrogens (tertiary/aromatic N) is 1. The zero-order valence-corrected chi connectivity index (χ0v) is 18.8. The minimum Gasteiger partial charge on any atom is -0.480 e. The molecule has 0 aliphatic heterocycles. The van der Waals surface area contributed by atoms with Crippen molar-refractivity contribution in [3.8, 4) is 23.5 Å². The maximum Gasteiger partial charge on any atom is 0.407 e. The van der Waals surface area contributed by atoms with Crippen LogP contribution in [0.5, 0.6) is 0 Å². The average molecular weight is 449 g/mol. The molecule has 1 aliphatic rings. The third-order valence-electron chi connectivity index (χ3n) is 5.81. The molecule has 2 aromatic rings. The normalized spacial score (nSPS) is 12.9. The molecule has 3 rings (SSSR count). The lowest BCUT2D eigenvalue weighted by molar-refractivity contribution is -0.144. The van der Waals surface area contributed by atoms with Gasteiger partial charge in [0, 0.05) is 18.4 Å². The van der Waals surface area contributed by atoms with Gasteiger partial charge in [-0.05, 0) is 28.2 Å². The van der Waals surface area contributed by atoms with Gasteiger partial charge in [-0.15, -0.1) is 6.42 Å². The minimum atomic E-state index is -1.15. The zero-order valence-electron chi connectivity index (χ0n) is 18.8. The number of carbonyl (C=O) groups is 3. The number of benzene rings is 2. The van der Waals surface area contributed by atoms with Gasteiger partial charge in [0.2, 0.25) is 5.91 Å². The molecule has 0 bridgehead atoms. The van der Waals surface area contributed by atoms with Crippen LogP contribution in [0.3, 0.4) is 0 Å². The summed E-state index contributed by atoms with van der Waals surface area (Å²) in [4.78, 5) is 37.3. The van der Waals surface area contributed by atoms with Crippen LogP contribution >= 0.6 is 0 Å². The second-order valence-electron chi connectivity index (χ2n) is 8.37. The summed E-state index contributed by atoms with van der Waals surface area (Å²) < 4.78 is 5.57. The fraction of sp³-hybridized carbons (Fsp3) is 0.346. The molecule has 1 atom stereocenters. The average Bonchev–Trinajstić information content (AvgIpc) is 3.10. The molecule has 0 unspecified atom stereocenters. The predicted octanol–water partition coefficient (Wildman–Crippen LogP) is 3.49. The molecule has 2 amide bonds. The van der Waals surface area contributed by atoms with Gasteiger partial charge in [-0.25, -0.2) is 4.79 Å². The predicted molar refractivity (Wildman–Crippen MR) is 124 cm³/mol. The molecule has 0 fully saturated rings. The molecule has 2 N–H and O–H groups in total. The number of aliphatic carboxylic acids is 1. The van der Waals surface area contributed by atoms with Crippen LogP contribution in [0.25, 0.3) is 11.1 Å². The first-order valence-electron chi connectivity index (χ1n) is 10.9. The Bertz CT molecular complexity index is 1030. The number of ether oxygens (including phenoxy) is 1. The quantitative estimate of drug-likeness (QED) is 0.573. The van der Waals surface area contributed by atoms with Crippen LogP contribution in [-0.2, 0) is 14.3 Å². The molecule has 7 nitrogen and oxygen atoms in total. The molecule has 0 radical (unpaired) electrons. The Balaban J connectivity index is 1.64. The van der Waals surface area contributed by atoms with Crippen molar-refractivity contribution in [2.45, 2.75) is 32.2 Å². The fourth-order valence-corrected chi connectivity index (χ4v) is 4.07. The van der Waals surface area contributed by atoms with Crippen molar-refractivity contribution < 1.29 is 24.2 Å². The second-order valence-corrected chi connectivity index (χ2v) is 8.37. The molecule has 0 heterocycles. The molecule has 7 heteroatoms. The summed E-state index contributed by atoms with van der Waals surface area (Å²) in [5.74, 6) is 0.566. The second kappa shape index (κ2) is 10.7. The maximum absolute atomic E-state index is 12.6. The highest BCUT2D eigenvalue weighted by Crippen LogP contribution is 2.44. The van der Waals surface area contributed by atoms with Gasteiger partial charge in [-0.1, -0.05) is 68.3 Å². The van der Waals surface area contributed by atoms with Crippen LogP contribution in [-0.4, -0.2) is 53.7 Å². The monoisotopic (exact) mass is 448 g/mol. The van der Waals surface area contributed by atoms with Crippen molar-refractivity contribution in [2.75, 3.05) is 19.7 Å². The number of fused-ring (bicyclic) bond motifs is 3. The minimum absolute atomic E-state index is 0.0658. The van der Waals surface area contributed by atoms with E-state index in [0.717, 1.165) is 27.2 Å². The van der Waals surface area contributed by atoms with Gasteiger partial charge in [-0.3, -0.25) is 9.59 Å².